The molecule has 1 aromatic carbocycles. The van der Waals surface area contributed by atoms with E-state index < -0.39 is 6.10 Å². The summed E-state index contributed by atoms with van der Waals surface area (Å²) in [6.45, 7) is 1.80. The summed E-state index contributed by atoms with van der Waals surface area (Å²) in [5, 5.41) is 11.6. The molecule has 16 heavy (non-hydrogen) atoms. The van der Waals surface area contributed by atoms with Crippen molar-refractivity contribution in [2.75, 3.05) is 19.4 Å². The first-order valence-electron chi connectivity index (χ1n) is 4.94. The van der Waals surface area contributed by atoms with Crippen LogP contribution in [-0.2, 0) is 0 Å². The Balaban J connectivity index is 2.82. The molecule has 1 amide bonds. The monoisotopic (exact) mass is 224 g/mol. The number of nitrogens with one attached hydrogen (secondary N) is 1. The number of carbonyl (C=O) groups excluding carboxylic acids is 1. The molecule has 1 rings (SSSR count). The van der Waals surface area contributed by atoms with Gasteiger partial charge >= 0.3 is 0 Å². The summed E-state index contributed by atoms with van der Waals surface area (Å²) in [5.74, 6) is 0.126. The Labute approximate surface area is 94.2 Å². The number of rotatable bonds is 4. The van der Waals surface area contributed by atoms with Crippen LogP contribution in [0.15, 0.2) is 18.2 Å². The van der Waals surface area contributed by atoms with Gasteiger partial charge < -0.3 is 20.9 Å². The van der Waals surface area contributed by atoms with E-state index >= 15 is 0 Å². The predicted molar refractivity (Wildman–Crippen MR) is 61.4 cm³/mol. The van der Waals surface area contributed by atoms with Gasteiger partial charge in [-0.2, -0.15) is 0 Å². The molecule has 1 atom stereocenters. The summed E-state index contributed by atoms with van der Waals surface area (Å²) >= 11 is 0. The highest BCUT2D eigenvalue weighted by molar-refractivity contribution is 5.97. The van der Waals surface area contributed by atoms with Gasteiger partial charge in [-0.05, 0) is 19.1 Å². The van der Waals surface area contributed by atoms with Crippen molar-refractivity contribution in [2.24, 2.45) is 0 Å². The number of nitrogen functional groups attached to an aromatic ring is 1. The van der Waals surface area contributed by atoms with Gasteiger partial charge in [0.15, 0.2) is 0 Å². The number of aliphatic hydroxyl groups is 1. The third-order valence-corrected chi connectivity index (χ3v) is 2.03. The number of aliphatic hydroxyl groups excluding tert-OH is 1. The van der Waals surface area contributed by atoms with Crippen molar-refractivity contribution < 1.29 is 14.6 Å². The van der Waals surface area contributed by atoms with Crippen LogP contribution in [0.4, 0.5) is 5.69 Å². The average Bonchev–Trinajstić information content (AvgIpc) is 2.25. The standard InChI is InChI=1S/C11H16N2O3/c1-7(14)6-13-11(15)9-4-3-8(12)5-10(9)16-2/h3-5,7,14H,6,12H2,1-2H3,(H,13,15). The second-order valence-electron chi connectivity index (χ2n) is 3.52. The molecule has 0 saturated carbocycles. The van der Waals surface area contributed by atoms with Crippen molar-refractivity contribution in [2.45, 2.75) is 13.0 Å². The highest BCUT2D eigenvalue weighted by Crippen LogP contribution is 2.21. The van der Waals surface area contributed by atoms with Gasteiger partial charge in [-0.1, -0.05) is 0 Å². The van der Waals surface area contributed by atoms with E-state index in [0.29, 0.717) is 17.0 Å². The molecule has 0 radical (unpaired) electrons. The van der Waals surface area contributed by atoms with Gasteiger partial charge in [-0.15, -0.1) is 0 Å². The molecule has 0 saturated heterocycles. The Morgan fingerprint density at radius 2 is 2.31 bits per heavy atom. The topological polar surface area (TPSA) is 84.6 Å². The third-order valence-electron chi connectivity index (χ3n) is 2.03. The molecular weight excluding hydrogens is 208 g/mol. The maximum atomic E-state index is 11.7. The van der Waals surface area contributed by atoms with E-state index in [4.69, 9.17) is 15.6 Å². The Kier molecular flexibility index (Phi) is 4.13. The first-order valence-corrected chi connectivity index (χ1v) is 4.94. The molecule has 5 heteroatoms. The summed E-state index contributed by atoms with van der Waals surface area (Å²) in [4.78, 5) is 11.7. The van der Waals surface area contributed by atoms with E-state index in [-0.39, 0.29) is 12.5 Å². The number of carbonyl (C=O) groups is 1. The number of methoxy groups -OCH3 is 1. The lowest BCUT2D eigenvalue weighted by atomic mass is 10.1. The number of anilines is 1. The molecule has 0 bridgehead atoms. The first-order chi connectivity index (χ1) is 7.54. The first kappa shape index (κ1) is 12.3. The second-order valence-corrected chi connectivity index (χ2v) is 3.52. The van der Waals surface area contributed by atoms with Crippen LogP contribution in [0.1, 0.15) is 17.3 Å². The Hall–Kier alpha value is -1.75. The molecule has 1 unspecified atom stereocenters. The fraction of sp³-hybridized carbons (Fsp3) is 0.364. The van der Waals surface area contributed by atoms with Crippen LogP contribution >= 0.6 is 0 Å². The number of amides is 1. The van der Waals surface area contributed by atoms with E-state index in [9.17, 15) is 4.79 Å². The molecule has 0 aromatic heterocycles. The van der Waals surface area contributed by atoms with Gasteiger partial charge in [0.1, 0.15) is 5.75 Å². The molecule has 0 aliphatic rings. The fourth-order valence-corrected chi connectivity index (χ4v) is 1.23. The quantitative estimate of drug-likeness (QED) is 0.646. The highest BCUT2D eigenvalue weighted by Gasteiger charge is 2.12. The predicted octanol–water partition coefficient (Wildman–Crippen LogP) is 0.388. The van der Waals surface area contributed by atoms with Gasteiger partial charge in [-0.3, -0.25) is 4.79 Å². The fourth-order valence-electron chi connectivity index (χ4n) is 1.23. The molecule has 0 aliphatic carbocycles. The molecule has 4 N–H and O–H groups in total. The van der Waals surface area contributed by atoms with Crippen LogP contribution < -0.4 is 15.8 Å². The minimum atomic E-state index is -0.580. The van der Waals surface area contributed by atoms with Gasteiger partial charge in [0.25, 0.3) is 5.91 Å². The highest BCUT2D eigenvalue weighted by atomic mass is 16.5. The summed E-state index contributed by atoms with van der Waals surface area (Å²) < 4.78 is 5.05. The number of nitrogens with two attached hydrogens (primary N) is 1. The van der Waals surface area contributed by atoms with E-state index in [1.54, 1.807) is 25.1 Å². The summed E-state index contributed by atoms with van der Waals surface area (Å²) in [6.07, 6.45) is -0.580. The molecule has 0 heterocycles. The van der Waals surface area contributed by atoms with Crippen LogP contribution in [0.3, 0.4) is 0 Å². The van der Waals surface area contributed by atoms with E-state index in [0.717, 1.165) is 0 Å². The lowest BCUT2D eigenvalue weighted by Gasteiger charge is -2.10. The van der Waals surface area contributed by atoms with Gasteiger partial charge in [0, 0.05) is 18.3 Å². The van der Waals surface area contributed by atoms with Crippen molar-refractivity contribution in [3.8, 4) is 5.75 Å². The molecule has 0 aliphatic heterocycles. The molecule has 0 spiro atoms. The number of hydrogen-bond acceptors (Lipinski definition) is 4. The summed E-state index contributed by atoms with van der Waals surface area (Å²) in [7, 11) is 1.47. The molecule has 88 valence electrons. The number of benzene rings is 1. The van der Waals surface area contributed by atoms with E-state index in [1.807, 2.05) is 0 Å². The minimum Gasteiger partial charge on any atom is -0.496 e. The van der Waals surface area contributed by atoms with Crippen molar-refractivity contribution in [1.82, 2.24) is 5.32 Å². The number of ether oxygens (including phenoxy) is 1. The maximum Gasteiger partial charge on any atom is 0.255 e. The van der Waals surface area contributed by atoms with Gasteiger partial charge in [0.2, 0.25) is 0 Å². The summed E-state index contributed by atoms with van der Waals surface area (Å²) in [5.41, 5.74) is 6.51. The second kappa shape index (κ2) is 5.37. The Morgan fingerprint density at radius 1 is 1.62 bits per heavy atom. The van der Waals surface area contributed by atoms with Crippen LogP contribution in [0.2, 0.25) is 0 Å². The lowest BCUT2D eigenvalue weighted by Crippen LogP contribution is -2.30. The molecular formula is C11H16N2O3. The van der Waals surface area contributed by atoms with Crippen LogP contribution in [0, 0.1) is 0 Å². The van der Waals surface area contributed by atoms with Gasteiger partial charge in [-0.25, -0.2) is 0 Å². The third kappa shape index (κ3) is 3.13. The van der Waals surface area contributed by atoms with Crippen LogP contribution in [-0.4, -0.2) is 30.8 Å². The molecule has 5 nitrogen and oxygen atoms in total. The lowest BCUT2D eigenvalue weighted by molar-refractivity contribution is 0.0921. The molecule has 1 aromatic rings. The zero-order valence-corrected chi connectivity index (χ0v) is 9.36. The normalized spacial score (nSPS) is 11.9. The smallest absolute Gasteiger partial charge is 0.255 e. The molecule has 0 fully saturated rings. The average molecular weight is 224 g/mol. The van der Waals surface area contributed by atoms with Crippen LogP contribution in [0.5, 0.6) is 5.75 Å². The van der Waals surface area contributed by atoms with Crippen molar-refractivity contribution in [3.05, 3.63) is 23.8 Å². The number of hydrogen-bond donors (Lipinski definition) is 3. The SMILES string of the molecule is COc1cc(N)ccc1C(=O)NCC(C)O. The maximum absolute atomic E-state index is 11.7. The van der Waals surface area contributed by atoms with Crippen LogP contribution in [0.25, 0.3) is 0 Å². The Morgan fingerprint density at radius 3 is 2.88 bits per heavy atom. The van der Waals surface area contributed by atoms with E-state index in [1.165, 1.54) is 7.11 Å². The zero-order valence-electron chi connectivity index (χ0n) is 9.36. The van der Waals surface area contributed by atoms with E-state index in [2.05, 4.69) is 5.32 Å². The van der Waals surface area contributed by atoms with Crippen molar-refractivity contribution in [1.29, 1.82) is 0 Å². The largest absolute Gasteiger partial charge is 0.496 e. The summed E-state index contributed by atoms with van der Waals surface area (Å²) in [6, 6.07) is 4.79. The van der Waals surface area contributed by atoms with Crippen molar-refractivity contribution in [3.63, 3.8) is 0 Å². The minimum absolute atomic E-state index is 0.201. The Bertz CT molecular complexity index is 377. The van der Waals surface area contributed by atoms with Crippen molar-refractivity contribution >= 4 is 11.6 Å². The van der Waals surface area contributed by atoms with Gasteiger partial charge in [0.05, 0.1) is 18.8 Å². The zero-order chi connectivity index (χ0) is 12.1.